The van der Waals surface area contributed by atoms with Crippen molar-refractivity contribution in [2.45, 2.75) is 10.2 Å². The quantitative estimate of drug-likeness (QED) is 0.310. The van der Waals surface area contributed by atoms with E-state index < -0.39 is 0 Å². The fraction of sp³-hybridized carbons (Fsp3) is 0.111. The van der Waals surface area contributed by atoms with Gasteiger partial charge in [0.25, 0.3) is 0 Å². The van der Waals surface area contributed by atoms with Crippen LogP contribution in [0.2, 0.25) is 0 Å². The molecule has 0 radical (unpaired) electrons. The second kappa shape index (κ2) is 5.72. The van der Waals surface area contributed by atoms with Crippen molar-refractivity contribution in [3.8, 4) is 0 Å². The minimum atomic E-state index is -0.128. The molecule has 2 aromatic carbocycles. The lowest BCUT2D eigenvalue weighted by Crippen LogP contribution is -2.20. The number of thioether (sulfide) groups is 2. The van der Waals surface area contributed by atoms with Crippen molar-refractivity contribution in [3.05, 3.63) is 58.7 Å². The zero-order valence-electron chi connectivity index (χ0n) is 13.0. The van der Waals surface area contributed by atoms with Crippen molar-refractivity contribution in [3.63, 3.8) is 0 Å². The van der Waals surface area contributed by atoms with Gasteiger partial charge in [-0.3, -0.25) is 9.59 Å². The standard InChI is InChI=1S/C18H12N2O2S2/c1-23-17-13-7-11-12(8-14(13)19-18(20-17)24-2)16(22)10-6-4-3-5-9(10)15(11)21/h3-8H,1-2H3. The van der Waals surface area contributed by atoms with Crippen LogP contribution in [0, 0.1) is 0 Å². The summed E-state index contributed by atoms with van der Waals surface area (Å²) in [4.78, 5) is 34.6. The maximum absolute atomic E-state index is 12.8. The van der Waals surface area contributed by atoms with Crippen molar-refractivity contribution < 1.29 is 9.59 Å². The molecule has 1 aliphatic carbocycles. The molecule has 0 atom stereocenters. The molecule has 1 aromatic heterocycles. The third-order valence-corrected chi connectivity index (χ3v) is 5.31. The Morgan fingerprint density at radius 2 is 1.42 bits per heavy atom. The third kappa shape index (κ3) is 2.17. The summed E-state index contributed by atoms with van der Waals surface area (Å²) in [5, 5.41) is 2.27. The first-order valence-corrected chi connectivity index (χ1v) is 9.71. The Hall–Kier alpha value is -2.18. The number of ketones is 2. The summed E-state index contributed by atoms with van der Waals surface area (Å²) in [6.45, 7) is 0. The Labute approximate surface area is 147 Å². The molecule has 0 N–H and O–H groups in total. The van der Waals surface area contributed by atoms with E-state index in [-0.39, 0.29) is 11.6 Å². The van der Waals surface area contributed by atoms with Crippen LogP contribution in [0.1, 0.15) is 31.8 Å². The number of hydrogen-bond donors (Lipinski definition) is 0. The van der Waals surface area contributed by atoms with Crippen LogP contribution in [0.4, 0.5) is 0 Å². The molecule has 0 spiro atoms. The number of hydrogen-bond acceptors (Lipinski definition) is 6. The highest BCUT2D eigenvalue weighted by atomic mass is 32.2. The molecule has 0 saturated carbocycles. The lowest BCUT2D eigenvalue weighted by atomic mass is 9.83. The van der Waals surface area contributed by atoms with Crippen LogP contribution in [0.25, 0.3) is 10.9 Å². The summed E-state index contributed by atoms with van der Waals surface area (Å²) in [6.07, 6.45) is 3.85. The molecule has 118 valence electrons. The van der Waals surface area contributed by atoms with Gasteiger partial charge >= 0.3 is 0 Å². The van der Waals surface area contributed by atoms with Gasteiger partial charge in [-0.2, -0.15) is 0 Å². The van der Waals surface area contributed by atoms with E-state index in [1.54, 1.807) is 36.4 Å². The zero-order valence-corrected chi connectivity index (χ0v) is 14.6. The summed E-state index contributed by atoms with van der Waals surface area (Å²) in [6, 6.07) is 10.4. The molecule has 24 heavy (non-hydrogen) atoms. The lowest BCUT2D eigenvalue weighted by Gasteiger charge is -2.18. The second-order valence-corrected chi connectivity index (χ2v) is 6.91. The SMILES string of the molecule is CSc1nc(SC)c2cc3c(cc2n1)C(=O)c1ccccc1C3=O. The zero-order chi connectivity index (χ0) is 16.8. The monoisotopic (exact) mass is 352 g/mol. The number of carbonyl (C=O) groups excluding carboxylic acids is 2. The number of fused-ring (bicyclic) bond motifs is 3. The van der Waals surface area contributed by atoms with Crippen LogP contribution in [0.3, 0.4) is 0 Å². The molecule has 4 nitrogen and oxygen atoms in total. The summed E-state index contributed by atoms with van der Waals surface area (Å²) < 4.78 is 0. The van der Waals surface area contributed by atoms with Gasteiger partial charge in [0.05, 0.1) is 5.52 Å². The Balaban J connectivity index is 2.04. The van der Waals surface area contributed by atoms with E-state index in [0.717, 1.165) is 10.4 Å². The van der Waals surface area contributed by atoms with Crippen molar-refractivity contribution >= 4 is 46.0 Å². The average Bonchev–Trinajstić information content (AvgIpc) is 2.64. The van der Waals surface area contributed by atoms with E-state index in [1.165, 1.54) is 23.5 Å². The highest BCUT2D eigenvalue weighted by Gasteiger charge is 2.30. The van der Waals surface area contributed by atoms with E-state index in [2.05, 4.69) is 9.97 Å². The van der Waals surface area contributed by atoms with Crippen LogP contribution in [0.15, 0.2) is 46.6 Å². The minimum absolute atomic E-state index is 0.122. The molecular weight excluding hydrogens is 340 g/mol. The first kappa shape index (κ1) is 15.4. The van der Waals surface area contributed by atoms with Gasteiger partial charge in [-0.25, -0.2) is 9.97 Å². The highest BCUT2D eigenvalue weighted by Crippen LogP contribution is 2.33. The van der Waals surface area contributed by atoms with Crippen molar-refractivity contribution in [1.82, 2.24) is 9.97 Å². The van der Waals surface area contributed by atoms with Gasteiger partial charge in [0.2, 0.25) is 0 Å². The van der Waals surface area contributed by atoms with Crippen LogP contribution in [0.5, 0.6) is 0 Å². The maximum atomic E-state index is 12.8. The second-order valence-electron chi connectivity index (χ2n) is 5.34. The van der Waals surface area contributed by atoms with E-state index in [4.69, 9.17) is 0 Å². The molecule has 1 aliphatic rings. The first-order valence-electron chi connectivity index (χ1n) is 7.26. The molecule has 0 saturated heterocycles. The van der Waals surface area contributed by atoms with Crippen molar-refractivity contribution in [2.75, 3.05) is 12.5 Å². The Kier molecular flexibility index (Phi) is 3.66. The number of carbonyl (C=O) groups is 2. The normalized spacial score (nSPS) is 13.1. The topological polar surface area (TPSA) is 59.9 Å². The van der Waals surface area contributed by atoms with Crippen LogP contribution < -0.4 is 0 Å². The van der Waals surface area contributed by atoms with Gasteiger partial charge in [0, 0.05) is 27.6 Å². The third-order valence-electron chi connectivity index (χ3n) is 4.06. The van der Waals surface area contributed by atoms with Gasteiger partial charge in [0.15, 0.2) is 16.7 Å². The highest BCUT2D eigenvalue weighted by molar-refractivity contribution is 7.99. The lowest BCUT2D eigenvalue weighted by molar-refractivity contribution is 0.0979. The molecule has 1 heterocycles. The molecule has 0 amide bonds. The predicted molar refractivity (Wildman–Crippen MR) is 96.4 cm³/mol. The summed E-state index contributed by atoms with van der Waals surface area (Å²) in [5.41, 5.74) is 2.46. The molecule has 0 bridgehead atoms. The first-order chi connectivity index (χ1) is 11.6. The fourth-order valence-electron chi connectivity index (χ4n) is 2.92. The molecule has 6 heteroatoms. The van der Waals surface area contributed by atoms with Gasteiger partial charge in [0.1, 0.15) is 5.03 Å². The molecule has 3 aromatic rings. The Morgan fingerprint density at radius 3 is 2.00 bits per heavy atom. The largest absolute Gasteiger partial charge is 0.289 e. The fourth-order valence-corrected chi connectivity index (χ4v) is 3.91. The predicted octanol–water partition coefficient (Wildman–Crippen LogP) is 3.85. The van der Waals surface area contributed by atoms with Crippen molar-refractivity contribution in [1.29, 1.82) is 0 Å². The number of rotatable bonds is 2. The van der Waals surface area contributed by atoms with Gasteiger partial charge in [-0.1, -0.05) is 36.0 Å². The number of nitrogens with zero attached hydrogens (tertiary/aromatic N) is 2. The van der Waals surface area contributed by atoms with Crippen LogP contribution >= 0.6 is 23.5 Å². The van der Waals surface area contributed by atoms with E-state index in [1.807, 2.05) is 12.5 Å². The average molecular weight is 352 g/mol. The summed E-state index contributed by atoms with van der Waals surface area (Å²) >= 11 is 2.96. The summed E-state index contributed by atoms with van der Waals surface area (Å²) in [7, 11) is 0. The molecular formula is C18H12N2O2S2. The van der Waals surface area contributed by atoms with Crippen LogP contribution in [-0.2, 0) is 0 Å². The Morgan fingerprint density at radius 1 is 0.792 bits per heavy atom. The smallest absolute Gasteiger partial charge is 0.194 e. The van der Waals surface area contributed by atoms with Gasteiger partial charge in [-0.05, 0) is 24.6 Å². The minimum Gasteiger partial charge on any atom is -0.289 e. The molecule has 4 rings (SSSR count). The maximum Gasteiger partial charge on any atom is 0.194 e. The molecule has 0 fully saturated rings. The van der Waals surface area contributed by atoms with Crippen LogP contribution in [-0.4, -0.2) is 34.0 Å². The van der Waals surface area contributed by atoms with Gasteiger partial charge in [-0.15, -0.1) is 11.8 Å². The van der Waals surface area contributed by atoms with Gasteiger partial charge < -0.3 is 0 Å². The molecule has 0 aliphatic heterocycles. The van der Waals surface area contributed by atoms with E-state index >= 15 is 0 Å². The van der Waals surface area contributed by atoms with E-state index in [0.29, 0.717) is 32.9 Å². The van der Waals surface area contributed by atoms with E-state index in [9.17, 15) is 9.59 Å². The number of aromatic nitrogens is 2. The Bertz CT molecular complexity index is 1030. The molecule has 0 unspecified atom stereocenters. The number of benzene rings is 2. The summed E-state index contributed by atoms with van der Waals surface area (Å²) in [5.74, 6) is -0.250. The van der Waals surface area contributed by atoms with Crippen molar-refractivity contribution in [2.24, 2.45) is 0 Å².